The molecule has 0 saturated carbocycles. The Bertz CT molecular complexity index is 214. The fourth-order valence-electron chi connectivity index (χ4n) is 0.563. The van der Waals surface area contributed by atoms with Gasteiger partial charge in [-0.3, -0.25) is 0 Å². The molecule has 1 heterocycles. The molecule has 0 saturated heterocycles. The molecule has 1 aromatic rings. The van der Waals surface area contributed by atoms with Gasteiger partial charge in [0.25, 0.3) is 0 Å². The van der Waals surface area contributed by atoms with Crippen molar-refractivity contribution in [2.45, 2.75) is 0 Å². The lowest BCUT2D eigenvalue weighted by Gasteiger charge is -1.99. The second kappa shape index (κ2) is 4.08. The summed E-state index contributed by atoms with van der Waals surface area (Å²) in [5, 5.41) is 2.80. The summed E-state index contributed by atoms with van der Waals surface area (Å²) in [6, 6.07) is 0. The molecule has 0 bridgehead atoms. The molecular formula is C6H7ClFN3. The van der Waals surface area contributed by atoms with Crippen molar-refractivity contribution >= 4 is 17.5 Å². The van der Waals surface area contributed by atoms with Gasteiger partial charge in [-0.25, -0.2) is 14.4 Å². The van der Waals surface area contributed by atoms with E-state index in [0.717, 1.165) is 12.4 Å². The van der Waals surface area contributed by atoms with E-state index in [0.29, 0.717) is 18.4 Å². The topological polar surface area (TPSA) is 37.8 Å². The van der Waals surface area contributed by atoms with Crippen LogP contribution in [0, 0.1) is 5.82 Å². The quantitative estimate of drug-likeness (QED) is 0.703. The average molecular weight is 176 g/mol. The number of rotatable bonds is 3. The Labute approximate surface area is 68.6 Å². The smallest absolute Gasteiger partial charge is 0.222 e. The van der Waals surface area contributed by atoms with E-state index >= 15 is 0 Å². The molecule has 0 fully saturated rings. The molecule has 1 aromatic heterocycles. The number of anilines is 1. The molecule has 0 radical (unpaired) electrons. The van der Waals surface area contributed by atoms with Crippen LogP contribution in [-0.2, 0) is 0 Å². The van der Waals surface area contributed by atoms with Gasteiger partial charge in [-0.05, 0) is 0 Å². The lowest BCUT2D eigenvalue weighted by Crippen LogP contribution is -2.05. The first kappa shape index (κ1) is 8.20. The first-order valence-electron chi connectivity index (χ1n) is 3.10. The molecule has 0 amide bonds. The van der Waals surface area contributed by atoms with Gasteiger partial charge in [0.15, 0.2) is 5.82 Å². The molecule has 0 atom stereocenters. The zero-order chi connectivity index (χ0) is 8.10. The van der Waals surface area contributed by atoms with Gasteiger partial charge < -0.3 is 5.32 Å². The van der Waals surface area contributed by atoms with Crippen LogP contribution in [0.15, 0.2) is 12.4 Å². The second-order valence-electron chi connectivity index (χ2n) is 1.84. The van der Waals surface area contributed by atoms with Crippen molar-refractivity contribution in [1.82, 2.24) is 9.97 Å². The van der Waals surface area contributed by atoms with Crippen molar-refractivity contribution in [2.24, 2.45) is 0 Å². The van der Waals surface area contributed by atoms with E-state index in [-0.39, 0.29) is 0 Å². The van der Waals surface area contributed by atoms with Crippen molar-refractivity contribution in [3.8, 4) is 0 Å². The highest BCUT2D eigenvalue weighted by atomic mass is 35.5. The monoisotopic (exact) mass is 175 g/mol. The molecule has 5 heteroatoms. The van der Waals surface area contributed by atoms with Crippen molar-refractivity contribution in [3.05, 3.63) is 18.2 Å². The van der Waals surface area contributed by atoms with E-state index in [1.807, 2.05) is 0 Å². The predicted molar refractivity (Wildman–Crippen MR) is 41.2 cm³/mol. The molecule has 0 spiro atoms. The Morgan fingerprint density at radius 1 is 1.45 bits per heavy atom. The normalized spacial score (nSPS) is 9.64. The van der Waals surface area contributed by atoms with Crippen molar-refractivity contribution < 1.29 is 4.39 Å². The number of hydrogen-bond donors (Lipinski definition) is 1. The summed E-state index contributed by atoms with van der Waals surface area (Å²) in [5.41, 5.74) is 0. The maximum Gasteiger partial charge on any atom is 0.222 e. The summed E-state index contributed by atoms with van der Waals surface area (Å²) in [5.74, 6) is 0.425. The van der Waals surface area contributed by atoms with Gasteiger partial charge in [0.2, 0.25) is 5.95 Å². The van der Waals surface area contributed by atoms with Crippen LogP contribution in [0.3, 0.4) is 0 Å². The second-order valence-corrected chi connectivity index (χ2v) is 2.22. The van der Waals surface area contributed by atoms with Crippen molar-refractivity contribution in [1.29, 1.82) is 0 Å². The van der Waals surface area contributed by atoms with Crippen LogP contribution in [0.1, 0.15) is 0 Å². The van der Waals surface area contributed by atoms with Gasteiger partial charge in [0.05, 0.1) is 12.4 Å². The van der Waals surface area contributed by atoms with Gasteiger partial charge in [-0.15, -0.1) is 11.6 Å². The molecule has 0 aliphatic rings. The molecule has 0 unspecified atom stereocenters. The third-order valence-corrected chi connectivity index (χ3v) is 1.19. The minimum atomic E-state index is -0.443. The Morgan fingerprint density at radius 3 is 2.64 bits per heavy atom. The summed E-state index contributed by atoms with van der Waals surface area (Å²) >= 11 is 5.39. The highest BCUT2D eigenvalue weighted by molar-refractivity contribution is 6.18. The first-order chi connectivity index (χ1) is 5.33. The minimum absolute atomic E-state index is 0.395. The summed E-state index contributed by atoms with van der Waals surface area (Å²) < 4.78 is 12.2. The first-order valence-corrected chi connectivity index (χ1v) is 3.64. The fraction of sp³-hybridized carbons (Fsp3) is 0.333. The third-order valence-electron chi connectivity index (χ3n) is 0.998. The highest BCUT2D eigenvalue weighted by Crippen LogP contribution is 1.96. The molecule has 1 N–H and O–H groups in total. The Morgan fingerprint density at radius 2 is 2.09 bits per heavy atom. The van der Waals surface area contributed by atoms with E-state index < -0.39 is 5.82 Å². The number of hydrogen-bond acceptors (Lipinski definition) is 3. The van der Waals surface area contributed by atoms with Crippen LogP contribution in [0.25, 0.3) is 0 Å². The Hall–Kier alpha value is -0.900. The van der Waals surface area contributed by atoms with Gasteiger partial charge in [0, 0.05) is 12.4 Å². The standard InChI is InChI=1S/C6H7ClFN3/c7-1-2-9-6-10-3-5(8)4-11-6/h3-4H,1-2H2,(H,9,10,11). The zero-order valence-corrected chi connectivity index (χ0v) is 6.48. The van der Waals surface area contributed by atoms with Gasteiger partial charge in [-0.2, -0.15) is 0 Å². The summed E-state index contributed by atoms with van der Waals surface area (Å²) in [7, 11) is 0. The maximum atomic E-state index is 12.2. The minimum Gasteiger partial charge on any atom is -0.353 e. The number of alkyl halides is 1. The van der Waals surface area contributed by atoms with E-state index in [1.165, 1.54) is 0 Å². The predicted octanol–water partition coefficient (Wildman–Crippen LogP) is 1.27. The third kappa shape index (κ3) is 2.67. The van der Waals surface area contributed by atoms with Gasteiger partial charge in [0.1, 0.15) is 0 Å². The Kier molecular flexibility index (Phi) is 3.04. The number of nitrogens with zero attached hydrogens (tertiary/aromatic N) is 2. The molecular weight excluding hydrogens is 169 g/mol. The van der Waals surface area contributed by atoms with Crippen LogP contribution in [0.2, 0.25) is 0 Å². The summed E-state index contributed by atoms with van der Waals surface area (Å²) in [6.07, 6.45) is 2.20. The lowest BCUT2D eigenvalue weighted by molar-refractivity contribution is 0.614. The summed E-state index contributed by atoms with van der Waals surface area (Å²) in [6.45, 7) is 0.577. The van der Waals surface area contributed by atoms with Crippen LogP contribution in [0.5, 0.6) is 0 Å². The molecule has 0 aromatic carbocycles. The number of aromatic nitrogens is 2. The molecule has 3 nitrogen and oxygen atoms in total. The fourth-order valence-corrected chi connectivity index (χ4v) is 0.657. The number of nitrogens with one attached hydrogen (secondary N) is 1. The van der Waals surface area contributed by atoms with Gasteiger partial charge >= 0.3 is 0 Å². The summed E-state index contributed by atoms with van der Waals surface area (Å²) in [4.78, 5) is 7.32. The largest absolute Gasteiger partial charge is 0.353 e. The molecule has 60 valence electrons. The number of halogens is 2. The van der Waals surface area contributed by atoms with Crippen LogP contribution >= 0.6 is 11.6 Å². The average Bonchev–Trinajstić information content (AvgIpc) is 2.04. The van der Waals surface area contributed by atoms with Crippen LogP contribution in [0.4, 0.5) is 10.3 Å². The highest BCUT2D eigenvalue weighted by Gasteiger charge is 1.93. The van der Waals surface area contributed by atoms with Gasteiger partial charge in [-0.1, -0.05) is 0 Å². The van der Waals surface area contributed by atoms with E-state index in [2.05, 4.69) is 15.3 Å². The van der Waals surface area contributed by atoms with Crippen molar-refractivity contribution in [3.63, 3.8) is 0 Å². The lowest BCUT2D eigenvalue weighted by atomic mass is 10.6. The Balaban J connectivity index is 2.52. The molecule has 0 aliphatic carbocycles. The van der Waals surface area contributed by atoms with E-state index in [1.54, 1.807) is 0 Å². The molecule has 1 rings (SSSR count). The van der Waals surface area contributed by atoms with E-state index in [9.17, 15) is 4.39 Å². The van der Waals surface area contributed by atoms with Crippen molar-refractivity contribution in [2.75, 3.05) is 17.7 Å². The van der Waals surface area contributed by atoms with Crippen LogP contribution < -0.4 is 5.32 Å². The maximum absolute atomic E-state index is 12.2. The SMILES string of the molecule is Fc1cnc(NCCCl)nc1. The molecule has 11 heavy (non-hydrogen) atoms. The van der Waals surface area contributed by atoms with E-state index in [4.69, 9.17) is 11.6 Å². The molecule has 0 aliphatic heterocycles. The van der Waals surface area contributed by atoms with Crippen LogP contribution in [-0.4, -0.2) is 22.4 Å². The zero-order valence-electron chi connectivity index (χ0n) is 5.72.